The number of nitrogens with one attached hydrogen (secondary N) is 1. The molecule has 9 nitrogen and oxygen atoms in total. The Labute approximate surface area is 199 Å². The maximum absolute atomic E-state index is 12.0. The van der Waals surface area contributed by atoms with Gasteiger partial charge < -0.3 is 25.6 Å². The molecule has 0 spiro atoms. The van der Waals surface area contributed by atoms with Crippen LogP contribution in [0.25, 0.3) is 0 Å². The molecule has 10 heteroatoms. The maximum atomic E-state index is 12.0. The number of halogens is 1. The van der Waals surface area contributed by atoms with Crippen LogP contribution in [0.4, 0.5) is 23.3 Å². The molecule has 2 aromatic carbocycles. The van der Waals surface area contributed by atoms with Crippen LogP contribution in [-0.2, 0) is 22.5 Å². The van der Waals surface area contributed by atoms with Crippen LogP contribution >= 0.6 is 15.9 Å². The van der Waals surface area contributed by atoms with Gasteiger partial charge in [-0.2, -0.15) is 4.98 Å². The monoisotopic (exact) mass is 507 g/mol. The second kappa shape index (κ2) is 7.67. The van der Waals surface area contributed by atoms with Gasteiger partial charge in [-0.05, 0) is 54.3 Å². The van der Waals surface area contributed by atoms with Gasteiger partial charge in [0.05, 0.1) is 0 Å². The summed E-state index contributed by atoms with van der Waals surface area (Å²) in [6.45, 7) is 1.60. The van der Waals surface area contributed by atoms with Crippen molar-refractivity contribution in [3.63, 3.8) is 0 Å². The zero-order valence-electron chi connectivity index (χ0n) is 17.7. The highest BCUT2D eigenvalue weighted by molar-refractivity contribution is 9.10. The first-order valence-electron chi connectivity index (χ1n) is 10.9. The fourth-order valence-electron chi connectivity index (χ4n) is 4.93. The van der Waals surface area contributed by atoms with Gasteiger partial charge in [-0.3, -0.25) is 4.79 Å². The number of anilines is 4. The van der Waals surface area contributed by atoms with Gasteiger partial charge in [0.25, 0.3) is 5.91 Å². The average molecular weight is 508 g/mol. The highest BCUT2D eigenvalue weighted by Gasteiger charge is 2.63. The number of ether oxygens (including phenoxy) is 1. The molecule has 2 unspecified atom stereocenters. The Kier molecular flexibility index (Phi) is 4.73. The summed E-state index contributed by atoms with van der Waals surface area (Å²) in [4.78, 5) is 29.5. The second-order valence-corrected chi connectivity index (χ2v) is 9.41. The van der Waals surface area contributed by atoms with Crippen LogP contribution in [0.5, 0.6) is 0 Å². The number of benzene rings is 2. The number of carbonyl (C=O) groups excluding carboxylic acids is 1. The van der Waals surface area contributed by atoms with E-state index in [-0.39, 0.29) is 6.23 Å². The Morgan fingerprint density at radius 1 is 1.21 bits per heavy atom. The third-order valence-corrected chi connectivity index (χ3v) is 7.02. The highest BCUT2D eigenvalue weighted by atomic mass is 79.9. The lowest BCUT2D eigenvalue weighted by molar-refractivity contribution is -0.171. The summed E-state index contributed by atoms with van der Waals surface area (Å²) in [5.74, 6) is 0.650. The second-order valence-electron chi connectivity index (χ2n) is 8.50. The molecule has 1 amide bonds. The van der Waals surface area contributed by atoms with Crippen molar-refractivity contribution in [2.45, 2.75) is 37.8 Å². The summed E-state index contributed by atoms with van der Waals surface area (Å²) in [5.41, 5.74) is 8.92. The molecule has 168 valence electrons. The van der Waals surface area contributed by atoms with E-state index in [0.29, 0.717) is 18.3 Å². The van der Waals surface area contributed by atoms with Crippen molar-refractivity contribution < 1.29 is 9.53 Å². The molecule has 2 bridgehead atoms. The van der Waals surface area contributed by atoms with Gasteiger partial charge in [0.2, 0.25) is 17.6 Å². The Morgan fingerprint density at radius 2 is 2.12 bits per heavy atom. The van der Waals surface area contributed by atoms with Crippen LogP contribution in [0.2, 0.25) is 0 Å². The van der Waals surface area contributed by atoms with Gasteiger partial charge in [0.15, 0.2) is 0 Å². The van der Waals surface area contributed by atoms with Gasteiger partial charge in [0.1, 0.15) is 12.6 Å². The molecular weight excluding hydrogens is 486 g/mol. The molecule has 3 aromatic rings. The summed E-state index contributed by atoms with van der Waals surface area (Å²) in [6.07, 6.45) is 3.74. The lowest BCUT2D eigenvalue weighted by Crippen LogP contribution is -2.68. The summed E-state index contributed by atoms with van der Waals surface area (Å²) in [5, 5.41) is 3.27. The number of carbonyl (C=O) groups is 1. The summed E-state index contributed by atoms with van der Waals surface area (Å²) in [6, 6.07) is 14.1. The number of rotatable bonds is 5. The first-order chi connectivity index (χ1) is 16.0. The molecule has 2 atom stereocenters. The van der Waals surface area contributed by atoms with Gasteiger partial charge in [0, 0.05) is 35.4 Å². The molecule has 4 aliphatic rings. The van der Waals surface area contributed by atoms with Crippen molar-refractivity contribution in [1.82, 2.24) is 15.0 Å². The average Bonchev–Trinajstić information content (AvgIpc) is 3.41. The maximum Gasteiger partial charge on any atom is 0.271 e. The number of nitrogens with two attached hydrogens (primary N) is 1. The van der Waals surface area contributed by atoms with E-state index >= 15 is 0 Å². The fraction of sp³-hybridized carbons (Fsp3) is 0.304. The minimum atomic E-state index is -1.02. The molecule has 0 aliphatic carbocycles. The molecule has 5 heterocycles. The SMILES string of the molecule is NC(=O)C12CCC(O1)N2c1cccc(Nc2ncnc(N3CCc4cc(Br)ccc4C3)n2)c1. The highest BCUT2D eigenvalue weighted by Crippen LogP contribution is 2.50. The molecule has 33 heavy (non-hydrogen) atoms. The van der Waals surface area contributed by atoms with E-state index in [0.717, 1.165) is 41.8 Å². The van der Waals surface area contributed by atoms with Crippen molar-refractivity contribution in [3.05, 3.63) is 64.4 Å². The van der Waals surface area contributed by atoms with E-state index in [4.69, 9.17) is 10.5 Å². The number of amides is 1. The summed E-state index contributed by atoms with van der Waals surface area (Å²) < 4.78 is 6.83. The van der Waals surface area contributed by atoms with Crippen molar-refractivity contribution in [3.8, 4) is 0 Å². The number of primary amides is 1. The fourth-order valence-corrected chi connectivity index (χ4v) is 5.34. The molecule has 1 aromatic heterocycles. The van der Waals surface area contributed by atoms with E-state index in [9.17, 15) is 4.79 Å². The normalized spacial score (nSPS) is 23.1. The first-order valence-corrected chi connectivity index (χ1v) is 11.7. The number of hydrogen-bond acceptors (Lipinski definition) is 8. The lowest BCUT2D eigenvalue weighted by atomic mass is 10.0. The van der Waals surface area contributed by atoms with E-state index in [1.54, 1.807) is 0 Å². The van der Waals surface area contributed by atoms with E-state index in [1.165, 1.54) is 17.5 Å². The standard InChI is InChI=1S/C23H22BrN7O2/c24-16-5-4-15-12-30(9-7-14(15)10-16)22-27-13-26-21(29-22)28-17-2-1-3-18(11-17)31-19-6-8-23(31,33-19)20(25)32/h1-5,10-11,13,19H,6-9,12H2,(H2,25,32)(H,26,27,28,29). The van der Waals surface area contributed by atoms with E-state index in [1.807, 2.05) is 29.2 Å². The molecule has 3 N–H and O–H groups in total. The molecule has 7 rings (SSSR count). The number of hydrogen-bond donors (Lipinski definition) is 2. The Morgan fingerprint density at radius 3 is 2.97 bits per heavy atom. The molecule has 3 saturated heterocycles. The minimum absolute atomic E-state index is 0.112. The minimum Gasteiger partial charge on any atom is -0.365 e. The van der Waals surface area contributed by atoms with Crippen molar-refractivity contribution >= 4 is 45.1 Å². The van der Waals surface area contributed by atoms with Crippen molar-refractivity contribution in [2.75, 3.05) is 21.7 Å². The zero-order valence-corrected chi connectivity index (χ0v) is 19.3. The lowest BCUT2D eigenvalue weighted by Gasteiger charge is -2.49. The Bertz CT molecular complexity index is 1250. The number of fused-ring (bicyclic) bond motifs is 2. The molecule has 0 saturated carbocycles. The smallest absolute Gasteiger partial charge is 0.271 e. The Balaban J connectivity index is 1.21. The third kappa shape index (κ3) is 3.41. The van der Waals surface area contributed by atoms with Crippen LogP contribution in [0.15, 0.2) is 53.3 Å². The van der Waals surface area contributed by atoms with E-state index < -0.39 is 11.6 Å². The van der Waals surface area contributed by atoms with Crippen LogP contribution < -0.4 is 20.9 Å². The van der Waals surface area contributed by atoms with Crippen molar-refractivity contribution in [2.24, 2.45) is 5.73 Å². The molecule has 0 radical (unpaired) electrons. The van der Waals surface area contributed by atoms with Gasteiger partial charge in [-0.15, -0.1) is 0 Å². The van der Waals surface area contributed by atoms with Crippen LogP contribution in [0.1, 0.15) is 24.0 Å². The van der Waals surface area contributed by atoms with Crippen LogP contribution in [0, 0.1) is 0 Å². The predicted octanol–water partition coefficient (Wildman–Crippen LogP) is 3.08. The first kappa shape index (κ1) is 20.4. The van der Waals surface area contributed by atoms with Gasteiger partial charge >= 0.3 is 0 Å². The zero-order chi connectivity index (χ0) is 22.6. The van der Waals surface area contributed by atoms with Gasteiger partial charge in [-0.25, -0.2) is 9.97 Å². The predicted molar refractivity (Wildman–Crippen MR) is 127 cm³/mol. The summed E-state index contributed by atoms with van der Waals surface area (Å²) in [7, 11) is 0. The quantitative estimate of drug-likeness (QED) is 0.542. The van der Waals surface area contributed by atoms with E-state index in [2.05, 4.69) is 59.3 Å². The topological polar surface area (TPSA) is 110 Å². The third-order valence-electron chi connectivity index (χ3n) is 6.53. The van der Waals surface area contributed by atoms with Gasteiger partial charge in [-0.1, -0.05) is 28.1 Å². The summed E-state index contributed by atoms with van der Waals surface area (Å²) >= 11 is 3.55. The largest absolute Gasteiger partial charge is 0.365 e. The van der Waals surface area contributed by atoms with Crippen molar-refractivity contribution in [1.29, 1.82) is 0 Å². The molecule has 3 fully saturated rings. The molecule has 4 aliphatic heterocycles. The Hall–Kier alpha value is -3.24. The molecular formula is C23H22BrN7O2. The number of nitrogens with zero attached hydrogens (tertiary/aromatic N) is 5. The number of aromatic nitrogens is 3. The van der Waals surface area contributed by atoms with Crippen LogP contribution in [-0.4, -0.2) is 39.4 Å². The van der Waals surface area contributed by atoms with Crippen LogP contribution in [0.3, 0.4) is 0 Å².